The van der Waals surface area contributed by atoms with Gasteiger partial charge in [0.05, 0.1) is 0 Å². The molecule has 0 saturated carbocycles. The summed E-state index contributed by atoms with van der Waals surface area (Å²) in [6.45, 7) is 12.5. The van der Waals surface area contributed by atoms with Crippen molar-refractivity contribution in [3.63, 3.8) is 0 Å². The van der Waals surface area contributed by atoms with E-state index in [4.69, 9.17) is 0 Å². The molecule has 0 bridgehead atoms. The van der Waals surface area contributed by atoms with Crippen molar-refractivity contribution in [1.82, 2.24) is 0 Å². The summed E-state index contributed by atoms with van der Waals surface area (Å²) in [4.78, 5) is 0. The number of allylic oxidation sites excluding steroid dienone is 2. The molecule has 0 N–H and O–H groups in total. The van der Waals surface area contributed by atoms with Crippen LogP contribution >= 0.6 is 18.6 Å². The number of rotatable bonds is 9. The third-order valence-corrected chi connectivity index (χ3v) is 49.8. The van der Waals surface area contributed by atoms with Crippen molar-refractivity contribution in [3.05, 3.63) is 154 Å². The fourth-order valence-electron chi connectivity index (χ4n) is 9.13. The van der Waals surface area contributed by atoms with Gasteiger partial charge in [0.2, 0.25) is 0 Å². The molecular weight excluding hydrogens is 627 g/mol. The molecule has 4 heteroatoms. The number of halogens is 2. The van der Waals surface area contributed by atoms with Crippen molar-refractivity contribution >= 4 is 37.4 Å². The number of fused-ring (bicyclic) bond motifs is 2. The quantitative estimate of drug-likeness (QED) is 0.155. The SMILES string of the molecule is CC(C)C1=Cc2ccccc2[C]1(Cc1ccccc1)[Ti]([Cl])([Cl])([SiH](C)C)[C]1(Cc2ccccc2)C(C(C)C)=Cc2ccccc21. The molecule has 0 saturated heterocycles. The van der Waals surface area contributed by atoms with Crippen molar-refractivity contribution in [2.24, 2.45) is 11.8 Å². The zero-order valence-electron chi connectivity index (χ0n) is 26.9. The first-order valence-electron chi connectivity index (χ1n) is 16.3. The molecule has 0 fully saturated rings. The van der Waals surface area contributed by atoms with Gasteiger partial charge in [0.15, 0.2) is 0 Å². The molecule has 0 aliphatic heterocycles. The second-order valence-corrected chi connectivity index (χ2v) is 42.9. The van der Waals surface area contributed by atoms with Gasteiger partial charge in [-0.25, -0.2) is 0 Å². The van der Waals surface area contributed by atoms with E-state index in [1.807, 2.05) is 0 Å². The van der Waals surface area contributed by atoms with Crippen LogP contribution in [-0.4, -0.2) is 6.66 Å². The molecule has 4 aromatic carbocycles. The van der Waals surface area contributed by atoms with Gasteiger partial charge in [0, 0.05) is 0 Å². The maximum atomic E-state index is 9.23. The molecule has 2 aliphatic rings. The van der Waals surface area contributed by atoms with Crippen LogP contribution in [0.5, 0.6) is 0 Å². The van der Waals surface area contributed by atoms with Crippen molar-refractivity contribution in [2.45, 2.75) is 61.1 Å². The van der Waals surface area contributed by atoms with Crippen LogP contribution in [0.15, 0.2) is 120 Å². The minimum atomic E-state index is -5.07. The average Bonchev–Trinajstić information content (AvgIpc) is 3.54. The van der Waals surface area contributed by atoms with Gasteiger partial charge in [0.1, 0.15) is 0 Å². The molecule has 0 aromatic heterocycles. The van der Waals surface area contributed by atoms with Crippen LogP contribution in [0, 0.1) is 11.8 Å². The standard InChI is InChI=1S/2C19H19.C2H7Si.2ClH.Ti/c2*1-14(2)18-13-16-10-6-7-11-17(16)19(18)12-15-8-4-3-5-9-15;1-3-2;;;/h2*3-11,13-14H,12H2,1-2H3;3H,1-2H3;2*1H;/q;;;;;+2/p-2. The van der Waals surface area contributed by atoms with E-state index in [1.165, 1.54) is 44.5 Å². The van der Waals surface area contributed by atoms with Crippen LogP contribution in [-0.2, 0) is 32.7 Å². The van der Waals surface area contributed by atoms with Gasteiger partial charge < -0.3 is 0 Å². The maximum absolute atomic E-state index is 9.23. The predicted molar refractivity (Wildman–Crippen MR) is 193 cm³/mol. The molecule has 2 atom stereocenters. The fraction of sp³-hybridized carbons (Fsp3) is 0.300. The van der Waals surface area contributed by atoms with Gasteiger partial charge in [-0.2, -0.15) is 0 Å². The second kappa shape index (κ2) is 11.6. The molecule has 0 spiro atoms. The monoisotopic (exact) mass is 671 g/mol. The molecule has 44 heavy (non-hydrogen) atoms. The van der Waals surface area contributed by atoms with Crippen LogP contribution in [0.2, 0.25) is 13.1 Å². The van der Waals surface area contributed by atoms with Crippen LogP contribution < -0.4 is 0 Å². The van der Waals surface area contributed by atoms with Crippen LogP contribution in [0.3, 0.4) is 0 Å². The Bertz CT molecular complexity index is 1610. The van der Waals surface area contributed by atoms with E-state index in [0.29, 0.717) is 0 Å². The first-order valence-corrected chi connectivity index (χ1v) is 27.7. The third-order valence-electron chi connectivity index (χ3n) is 10.9. The summed E-state index contributed by atoms with van der Waals surface area (Å²) in [5.41, 5.74) is 10.7. The molecule has 4 aromatic rings. The van der Waals surface area contributed by atoms with Gasteiger partial charge in [-0.1, -0.05) is 0 Å². The third kappa shape index (κ3) is 4.34. The van der Waals surface area contributed by atoms with Crippen LogP contribution in [0.4, 0.5) is 0 Å². The molecule has 227 valence electrons. The molecule has 0 amide bonds. The Labute approximate surface area is 274 Å². The fourth-order valence-corrected chi connectivity index (χ4v) is 36.2. The summed E-state index contributed by atoms with van der Waals surface area (Å²) in [5, 5.41) is 0. The van der Waals surface area contributed by atoms with Gasteiger partial charge in [-0.15, -0.1) is 0 Å². The zero-order valence-corrected chi connectivity index (χ0v) is 31.2. The Balaban J connectivity index is 1.83. The van der Waals surface area contributed by atoms with Gasteiger partial charge in [-0.05, 0) is 0 Å². The molecule has 0 radical (unpaired) electrons. The average molecular weight is 673 g/mol. The Hall–Kier alpha value is -2.13. The summed E-state index contributed by atoms with van der Waals surface area (Å²) >= 11 is -5.07. The molecule has 0 heterocycles. The molecular formula is C40H45Cl2SiTi. The Morgan fingerprint density at radius 3 is 1.23 bits per heavy atom. The Morgan fingerprint density at radius 1 is 0.545 bits per heavy atom. The van der Waals surface area contributed by atoms with Gasteiger partial charge in [0.25, 0.3) is 0 Å². The molecule has 2 aliphatic carbocycles. The van der Waals surface area contributed by atoms with Crippen LogP contribution in [0.1, 0.15) is 61.1 Å². The van der Waals surface area contributed by atoms with Crippen molar-refractivity contribution in [2.75, 3.05) is 0 Å². The van der Waals surface area contributed by atoms with Crippen LogP contribution in [0.25, 0.3) is 12.2 Å². The Kier molecular flexibility index (Phi) is 8.39. The summed E-state index contributed by atoms with van der Waals surface area (Å²) in [5.74, 6) is 0.576. The normalized spacial score (nSPS) is 22.0. The molecule has 0 nitrogen and oxygen atoms in total. The molecule has 6 rings (SSSR count). The zero-order chi connectivity index (χ0) is 31.4. The van der Waals surface area contributed by atoms with E-state index in [-0.39, 0.29) is 11.8 Å². The van der Waals surface area contributed by atoms with Crippen molar-refractivity contribution < 1.29 is 12.4 Å². The topological polar surface area (TPSA) is 0 Å². The summed E-state index contributed by atoms with van der Waals surface area (Å²) in [7, 11) is 18.5. The van der Waals surface area contributed by atoms with E-state index in [1.54, 1.807) is 0 Å². The van der Waals surface area contributed by atoms with E-state index in [0.717, 1.165) is 12.8 Å². The first kappa shape index (κ1) is 31.8. The van der Waals surface area contributed by atoms with Crippen molar-refractivity contribution in [3.8, 4) is 0 Å². The first-order chi connectivity index (χ1) is 21.0. The Morgan fingerprint density at radius 2 is 0.886 bits per heavy atom. The van der Waals surface area contributed by atoms with E-state index >= 15 is 0 Å². The summed E-state index contributed by atoms with van der Waals surface area (Å²) in [6.07, 6.45) is 6.58. The van der Waals surface area contributed by atoms with E-state index < -0.39 is 26.5 Å². The van der Waals surface area contributed by atoms with E-state index in [9.17, 15) is 18.6 Å². The predicted octanol–water partition coefficient (Wildman–Crippen LogP) is 11.3. The summed E-state index contributed by atoms with van der Waals surface area (Å²) in [6, 6.07) is 40.1. The van der Waals surface area contributed by atoms with E-state index in [2.05, 4.69) is 162 Å². The number of hydrogen-bond acceptors (Lipinski definition) is 0. The second-order valence-electron chi connectivity index (χ2n) is 14.1. The molecule has 2 unspecified atom stereocenters. The van der Waals surface area contributed by atoms with Crippen molar-refractivity contribution in [1.29, 1.82) is 0 Å². The minimum absolute atomic E-state index is 0.288. The number of benzene rings is 4. The van der Waals surface area contributed by atoms with Gasteiger partial charge in [-0.3, -0.25) is 0 Å². The summed E-state index contributed by atoms with van der Waals surface area (Å²) < 4.78 is -0.986. The van der Waals surface area contributed by atoms with Gasteiger partial charge >= 0.3 is 276 Å². The number of hydrogen-bond donors (Lipinski definition) is 0.